The summed E-state index contributed by atoms with van der Waals surface area (Å²) in [5.41, 5.74) is -0.0806. The minimum absolute atomic E-state index is 0.0806. The zero-order chi connectivity index (χ0) is 14.9. The Morgan fingerprint density at radius 3 is 2.18 bits per heavy atom. The standard InChI is InChI=1S/C19H29NO2/c1-20-15-2-4-16(20)17(5-3-15)22-18(21)19-9-12-6-13(10-19)8-14(7-12)11-19/h12-17H,2-11H2,1H3/t12?,13?,14?,15-,16+,17-,19?/m0/s1. The van der Waals surface area contributed by atoms with E-state index >= 15 is 0 Å². The lowest BCUT2D eigenvalue weighted by atomic mass is 9.49. The predicted molar refractivity (Wildman–Crippen MR) is 84.3 cm³/mol. The van der Waals surface area contributed by atoms with Crippen LogP contribution in [0.3, 0.4) is 0 Å². The van der Waals surface area contributed by atoms with Crippen molar-refractivity contribution in [3.8, 4) is 0 Å². The number of hydrogen-bond acceptors (Lipinski definition) is 3. The Bertz CT molecular complexity index is 453. The first kappa shape index (κ1) is 13.8. The minimum Gasteiger partial charge on any atom is -0.460 e. The summed E-state index contributed by atoms with van der Waals surface area (Å²) in [7, 11) is 2.23. The number of nitrogens with zero attached hydrogens (tertiary/aromatic N) is 1. The molecule has 4 aliphatic carbocycles. The molecule has 2 saturated heterocycles. The van der Waals surface area contributed by atoms with E-state index in [1.54, 1.807) is 0 Å². The molecule has 4 saturated carbocycles. The molecule has 2 aliphatic heterocycles. The fourth-order valence-corrected chi connectivity index (χ4v) is 7.15. The Kier molecular flexibility index (Phi) is 2.97. The van der Waals surface area contributed by atoms with Crippen molar-refractivity contribution in [2.75, 3.05) is 7.05 Å². The fraction of sp³-hybridized carbons (Fsp3) is 0.947. The van der Waals surface area contributed by atoms with Gasteiger partial charge in [-0.25, -0.2) is 0 Å². The Hall–Kier alpha value is -0.570. The molecule has 0 aromatic carbocycles. The summed E-state index contributed by atoms with van der Waals surface area (Å²) in [4.78, 5) is 15.6. The van der Waals surface area contributed by atoms with Gasteiger partial charge in [0.1, 0.15) is 6.10 Å². The largest absolute Gasteiger partial charge is 0.460 e. The predicted octanol–water partition coefficient (Wildman–Crippen LogP) is 3.37. The van der Waals surface area contributed by atoms with E-state index in [2.05, 4.69) is 11.9 Å². The minimum atomic E-state index is -0.0806. The smallest absolute Gasteiger partial charge is 0.312 e. The molecular formula is C19H29NO2. The molecule has 22 heavy (non-hydrogen) atoms. The van der Waals surface area contributed by atoms with Crippen molar-refractivity contribution in [2.45, 2.75) is 82.4 Å². The molecule has 0 radical (unpaired) electrons. The van der Waals surface area contributed by atoms with Crippen LogP contribution >= 0.6 is 0 Å². The van der Waals surface area contributed by atoms with Gasteiger partial charge in [0.05, 0.1) is 5.41 Å². The van der Waals surface area contributed by atoms with Gasteiger partial charge in [-0.3, -0.25) is 9.69 Å². The summed E-state index contributed by atoms with van der Waals surface area (Å²) in [5.74, 6) is 2.66. The van der Waals surface area contributed by atoms with E-state index in [4.69, 9.17) is 4.74 Å². The van der Waals surface area contributed by atoms with Crippen molar-refractivity contribution >= 4 is 5.97 Å². The summed E-state index contributed by atoms with van der Waals surface area (Å²) in [6.45, 7) is 0. The van der Waals surface area contributed by atoms with Crippen LogP contribution in [0.1, 0.15) is 64.2 Å². The van der Waals surface area contributed by atoms with E-state index < -0.39 is 0 Å². The molecule has 3 atom stereocenters. The van der Waals surface area contributed by atoms with E-state index in [1.807, 2.05) is 0 Å². The molecule has 3 nitrogen and oxygen atoms in total. The topological polar surface area (TPSA) is 29.5 Å². The number of hydrogen-bond donors (Lipinski definition) is 0. The third-order valence-corrected chi connectivity index (χ3v) is 7.84. The second-order valence-corrected chi connectivity index (χ2v) is 9.18. The van der Waals surface area contributed by atoms with Gasteiger partial charge in [-0.15, -0.1) is 0 Å². The Morgan fingerprint density at radius 2 is 1.55 bits per heavy atom. The summed E-state index contributed by atoms with van der Waals surface area (Å²) in [5, 5.41) is 0. The average molecular weight is 303 g/mol. The van der Waals surface area contributed by atoms with Crippen LogP contribution in [0.25, 0.3) is 0 Å². The Balaban J connectivity index is 1.33. The van der Waals surface area contributed by atoms with E-state index in [9.17, 15) is 4.79 Å². The lowest BCUT2D eigenvalue weighted by Crippen LogP contribution is -2.53. The van der Waals surface area contributed by atoms with Gasteiger partial charge in [0.2, 0.25) is 0 Å². The second-order valence-electron chi connectivity index (χ2n) is 9.18. The number of esters is 1. The number of likely N-dealkylation sites (N-methyl/N-ethyl adjacent to an activating group) is 1. The molecule has 6 fully saturated rings. The monoisotopic (exact) mass is 303 g/mol. The van der Waals surface area contributed by atoms with Crippen LogP contribution in [-0.4, -0.2) is 36.1 Å². The molecule has 0 aromatic heterocycles. The summed E-state index contributed by atoms with van der Waals surface area (Å²) in [6, 6.07) is 1.25. The van der Waals surface area contributed by atoms with Gasteiger partial charge in [0.25, 0.3) is 0 Å². The maximum absolute atomic E-state index is 13.1. The summed E-state index contributed by atoms with van der Waals surface area (Å²) < 4.78 is 6.20. The molecule has 6 aliphatic rings. The van der Waals surface area contributed by atoms with Crippen LogP contribution < -0.4 is 0 Å². The van der Waals surface area contributed by atoms with Gasteiger partial charge < -0.3 is 4.74 Å². The van der Waals surface area contributed by atoms with Gasteiger partial charge in [-0.1, -0.05) is 0 Å². The van der Waals surface area contributed by atoms with Crippen LogP contribution in [-0.2, 0) is 9.53 Å². The molecule has 122 valence electrons. The van der Waals surface area contributed by atoms with Crippen LogP contribution in [0, 0.1) is 23.2 Å². The highest BCUT2D eigenvalue weighted by atomic mass is 16.5. The number of rotatable bonds is 2. The lowest BCUT2D eigenvalue weighted by Gasteiger charge is -2.55. The Morgan fingerprint density at radius 1 is 0.955 bits per heavy atom. The summed E-state index contributed by atoms with van der Waals surface area (Å²) in [6.07, 6.45) is 12.6. The quantitative estimate of drug-likeness (QED) is 0.733. The van der Waals surface area contributed by atoms with Crippen molar-refractivity contribution in [1.82, 2.24) is 4.90 Å². The number of carbonyl (C=O) groups excluding carboxylic acids is 1. The maximum atomic E-state index is 13.1. The van der Waals surface area contributed by atoms with Gasteiger partial charge >= 0.3 is 5.97 Å². The SMILES string of the molecule is CN1[C@@H]2CC[C@H](OC(=O)C34CC5CC(CC(C5)C3)C4)[C@H]1CC2. The van der Waals surface area contributed by atoms with Gasteiger partial charge in [-0.2, -0.15) is 0 Å². The molecule has 3 heteroatoms. The lowest BCUT2D eigenvalue weighted by molar-refractivity contribution is -0.181. The van der Waals surface area contributed by atoms with Crippen molar-refractivity contribution < 1.29 is 9.53 Å². The molecule has 2 heterocycles. The summed E-state index contributed by atoms with van der Waals surface area (Å²) >= 11 is 0. The average Bonchev–Trinajstić information content (AvgIpc) is 2.70. The van der Waals surface area contributed by atoms with E-state index in [-0.39, 0.29) is 17.5 Å². The van der Waals surface area contributed by atoms with E-state index in [0.717, 1.165) is 49.5 Å². The number of ether oxygens (including phenoxy) is 1. The molecule has 6 rings (SSSR count). The zero-order valence-electron chi connectivity index (χ0n) is 13.8. The van der Waals surface area contributed by atoms with Crippen LogP contribution in [0.5, 0.6) is 0 Å². The molecule has 6 bridgehead atoms. The van der Waals surface area contributed by atoms with Crippen LogP contribution in [0.4, 0.5) is 0 Å². The Labute approximate surface area is 133 Å². The number of piperidine rings is 1. The van der Waals surface area contributed by atoms with Crippen molar-refractivity contribution in [1.29, 1.82) is 0 Å². The molecule has 0 amide bonds. The number of fused-ring (bicyclic) bond motifs is 2. The zero-order valence-corrected chi connectivity index (χ0v) is 13.8. The first-order chi connectivity index (χ1) is 10.6. The van der Waals surface area contributed by atoms with Gasteiger partial charge in [-0.05, 0) is 89.0 Å². The van der Waals surface area contributed by atoms with Gasteiger partial charge in [0, 0.05) is 12.1 Å². The third kappa shape index (κ3) is 1.93. The van der Waals surface area contributed by atoms with Crippen molar-refractivity contribution in [2.24, 2.45) is 23.2 Å². The fourth-order valence-electron chi connectivity index (χ4n) is 7.15. The van der Waals surface area contributed by atoms with Crippen molar-refractivity contribution in [3.63, 3.8) is 0 Å². The first-order valence-corrected chi connectivity index (χ1v) is 9.56. The molecule has 0 N–H and O–H groups in total. The number of carbonyl (C=O) groups is 1. The molecule has 0 spiro atoms. The molecule has 0 unspecified atom stereocenters. The third-order valence-electron chi connectivity index (χ3n) is 7.84. The highest BCUT2D eigenvalue weighted by Crippen LogP contribution is 2.60. The van der Waals surface area contributed by atoms with Crippen LogP contribution in [0.15, 0.2) is 0 Å². The molecular weight excluding hydrogens is 274 g/mol. The molecule has 0 aromatic rings. The van der Waals surface area contributed by atoms with Crippen molar-refractivity contribution in [3.05, 3.63) is 0 Å². The second kappa shape index (κ2) is 4.72. The maximum Gasteiger partial charge on any atom is 0.312 e. The highest BCUT2D eigenvalue weighted by molar-refractivity contribution is 5.77. The normalized spacial score (nSPS) is 53.0. The highest BCUT2D eigenvalue weighted by Gasteiger charge is 2.56. The van der Waals surface area contributed by atoms with E-state index in [1.165, 1.54) is 38.5 Å². The van der Waals surface area contributed by atoms with E-state index in [0.29, 0.717) is 6.04 Å². The first-order valence-electron chi connectivity index (χ1n) is 9.56. The van der Waals surface area contributed by atoms with Crippen LogP contribution in [0.2, 0.25) is 0 Å². The van der Waals surface area contributed by atoms with Gasteiger partial charge in [0.15, 0.2) is 0 Å².